The van der Waals surface area contributed by atoms with Gasteiger partial charge in [-0.25, -0.2) is 8.78 Å². The summed E-state index contributed by atoms with van der Waals surface area (Å²) in [5, 5.41) is 2.06. The molecule has 0 saturated heterocycles. The molecule has 0 aliphatic rings. The number of amides is 1. The van der Waals surface area contributed by atoms with Gasteiger partial charge in [0.15, 0.2) is 0 Å². The fourth-order valence-corrected chi connectivity index (χ4v) is 2.74. The molecule has 3 rings (SSSR count). The summed E-state index contributed by atoms with van der Waals surface area (Å²) < 4.78 is 31.8. The highest BCUT2D eigenvalue weighted by atomic mass is 19.1. The molecule has 128 valence electrons. The maximum absolute atomic E-state index is 13.3. The third-order valence-corrected chi connectivity index (χ3v) is 3.99. The Bertz CT molecular complexity index is 920. The predicted octanol–water partition coefficient (Wildman–Crippen LogP) is 4.40. The maximum Gasteiger partial charge on any atom is 0.254 e. The van der Waals surface area contributed by atoms with Crippen LogP contribution in [0.5, 0.6) is 5.75 Å². The number of fused-ring (bicyclic) bond motifs is 1. The van der Waals surface area contributed by atoms with E-state index in [1.165, 1.54) is 4.90 Å². The van der Waals surface area contributed by atoms with Crippen LogP contribution in [0.2, 0.25) is 0 Å². The van der Waals surface area contributed by atoms with Gasteiger partial charge >= 0.3 is 0 Å². The SMILES string of the molecule is COc1ccc2cc(CN(C)C(=O)c3cc(F)cc(F)c3)ccc2c1. The first-order chi connectivity index (χ1) is 12.0. The van der Waals surface area contributed by atoms with E-state index in [9.17, 15) is 13.6 Å². The normalized spacial score (nSPS) is 10.7. The van der Waals surface area contributed by atoms with E-state index >= 15 is 0 Å². The topological polar surface area (TPSA) is 29.5 Å². The minimum Gasteiger partial charge on any atom is -0.497 e. The molecule has 0 saturated carbocycles. The molecular weight excluding hydrogens is 324 g/mol. The van der Waals surface area contributed by atoms with Crippen LogP contribution in [0.15, 0.2) is 54.6 Å². The molecule has 1 amide bonds. The van der Waals surface area contributed by atoms with Gasteiger partial charge in [-0.15, -0.1) is 0 Å². The van der Waals surface area contributed by atoms with Crippen molar-refractivity contribution in [1.29, 1.82) is 0 Å². The van der Waals surface area contributed by atoms with Crippen LogP contribution in [0, 0.1) is 11.6 Å². The lowest BCUT2D eigenvalue weighted by molar-refractivity contribution is 0.0784. The van der Waals surface area contributed by atoms with Gasteiger partial charge in [0.25, 0.3) is 5.91 Å². The zero-order chi connectivity index (χ0) is 18.0. The molecule has 3 aromatic rings. The van der Waals surface area contributed by atoms with Crippen LogP contribution in [0.4, 0.5) is 8.78 Å². The average molecular weight is 341 g/mol. The molecule has 0 radical (unpaired) electrons. The summed E-state index contributed by atoms with van der Waals surface area (Å²) in [6.45, 7) is 0.332. The zero-order valence-corrected chi connectivity index (χ0v) is 13.9. The first-order valence-corrected chi connectivity index (χ1v) is 7.74. The number of rotatable bonds is 4. The van der Waals surface area contributed by atoms with Crippen molar-refractivity contribution in [2.75, 3.05) is 14.2 Å². The first-order valence-electron chi connectivity index (χ1n) is 7.74. The van der Waals surface area contributed by atoms with E-state index in [1.807, 2.05) is 36.4 Å². The number of carbonyl (C=O) groups excluding carboxylic acids is 1. The van der Waals surface area contributed by atoms with E-state index in [4.69, 9.17) is 4.74 Å². The highest BCUT2D eigenvalue weighted by molar-refractivity contribution is 5.94. The highest BCUT2D eigenvalue weighted by Crippen LogP contribution is 2.22. The van der Waals surface area contributed by atoms with Crippen molar-refractivity contribution >= 4 is 16.7 Å². The van der Waals surface area contributed by atoms with Crippen LogP contribution in [0.25, 0.3) is 10.8 Å². The molecule has 0 bridgehead atoms. The summed E-state index contributed by atoms with van der Waals surface area (Å²) in [7, 11) is 3.22. The Hall–Kier alpha value is -2.95. The van der Waals surface area contributed by atoms with E-state index in [1.54, 1.807) is 14.2 Å². The van der Waals surface area contributed by atoms with Gasteiger partial charge in [0, 0.05) is 25.2 Å². The summed E-state index contributed by atoms with van der Waals surface area (Å²) in [5.74, 6) is -1.19. The van der Waals surface area contributed by atoms with Crippen molar-refractivity contribution in [1.82, 2.24) is 4.90 Å². The Balaban J connectivity index is 1.81. The molecule has 25 heavy (non-hydrogen) atoms. The Kier molecular flexibility index (Phi) is 4.65. The van der Waals surface area contributed by atoms with E-state index < -0.39 is 17.5 Å². The van der Waals surface area contributed by atoms with Gasteiger partial charge in [0.2, 0.25) is 0 Å². The number of carbonyl (C=O) groups is 1. The molecule has 0 aliphatic heterocycles. The van der Waals surface area contributed by atoms with Crippen molar-refractivity contribution < 1.29 is 18.3 Å². The van der Waals surface area contributed by atoms with Crippen LogP contribution in [0.3, 0.4) is 0 Å². The number of hydrogen-bond acceptors (Lipinski definition) is 2. The van der Waals surface area contributed by atoms with Gasteiger partial charge < -0.3 is 9.64 Å². The smallest absolute Gasteiger partial charge is 0.254 e. The third kappa shape index (κ3) is 3.76. The van der Waals surface area contributed by atoms with Crippen molar-refractivity contribution in [3.63, 3.8) is 0 Å². The van der Waals surface area contributed by atoms with E-state index in [0.29, 0.717) is 6.54 Å². The summed E-state index contributed by atoms with van der Waals surface area (Å²) in [4.78, 5) is 13.8. The fraction of sp³-hybridized carbons (Fsp3) is 0.150. The van der Waals surface area contributed by atoms with Gasteiger partial charge in [-0.05, 0) is 46.7 Å². The fourth-order valence-electron chi connectivity index (χ4n) is 2.74. The van der Waals surface area contributed by atoms with Crippen LogP contribution in [0.1, 0.15) is 15.9 Å². The van der Waals surface area contributed by atoms with Crippen molar-refractivity contribution in [2.45, 2.75) is 6.54 Å². The Morgan fingerprint density at radius 3 is 2.28 bits per heavy atom. The minimum absolute atomic E-state index is 0.00877. The summed E-state index contributed by atoms with van der Waals surface area (Å²) in [5.41, 5.74) is 0.913. The monoisotopic (exact) mass is 341 g/mol. The summed E-state index contributed by atoms with van der Waals surface area (Å²) in [6.07, 6.45) is 0. The molecule has 5 heteroatoms. The van der Waals surface area contributed by atoms with Crippen molar-refractivity contribution in [3.8, 4) is 5.75 Å². The number of nitrogens with zero attached hydrogens (tertiary/aromatic N) is 1. The molecule has 0 N–H and O–H groups in total. The van der Waals surface area contributed by atoms with Crippen LogP contribution in [-0.4, -0.2) is 25.0 Å². The quantitative estimate of drug-likeness (QED) is 0.704. The third-order valence-electron chi connectivity index (χ3n) is 3.99. The number of ether oxygens (including phenoxy) is 1. The van der Waals surface area contributed by atoms with Gasteiger partial charge in [0.05, 0.1) is 7.11 Å². The molecule has 3 nitrogen and oxygen atoms in total. The Morgan fingerprint density at radius 2 is 1.60 bits per heavy atom. The van der Waals surface area contributed by atoms with E-state index in [2.05, 4.69) is 0 Å². The number of halogens is 2. The molecule has 0 fully saturated rings. The number of hydrogen-bond donors (Lipinski definition) is 0. The van der Waals surface area contributed by atoms with Crippen LogP contribution >= 0.6 is 0 Å². The highest BCUT2D eigenvalue weighted by Gasteiger charge is 2.14. The lowest BCUT2D eigenvalue weighted by Crippen LogP contribution is -2.26. The van der Waals surface area contributed by atoms with Gasteiger partial charge in [0.1, 0.15) is 17.4 Å². The second kappa shape index (κ2) is 6.89. The zero-order valence-electron chi connectivity index (χ0n) is 13.9. The summed E-state index contributed by atoms with van der Waals surface area (Å²) in [6, 6.07) is 14.4. The minimum atomic E-state index is -0.767. The molecule has 3 aromatic carbocycles. The molecule has 0 spiro atoms. The predicted molar refractivity (Wildman–Crippen MR) is 92.7 cm³/mol. The average Bonchev–Trinajstić information content (AvgIpc) is 2.59. The van der Waals surface area contributed by atoms with Gasteiger partial charge in [-0.2, -0.15) is 0 Å². The van der Waals surface area contributed by atoms with Gasteiger partial charge in [-0.3, -0.25) is 4.79 Å². The molecular formula is C20H17F2NO2. The molecule has 0 unspecified atom stereocenters. The second-order valence-electron chi connectivity index (χ2n) is 5.87. The molecule has 0 heterocycles. The maximum atomic E-state index is 13.3. The lowest BCUT2D eigenvalue weighted by Gasteiger charge is -2.18. The van der Waals surface area contributed by atoms with Crippen molar-refractivity contribution in [2.24, 2.45) is 0 Å². The Morgan fingerprint density at radius 1 is 0.960 bits per heavy atom. The first kappa shape index (κ1) is 16.9. The standard InChI is InChI=1S/C20H17F2NO2/c1-23(20(24)16-8-17(21)11-18(22)9-16)12-13-3-4-15-10-19(25-2)6-5-14(15)7-13/h3-11H,12H2,1-2H3. The second-order valence-corrected chi connectivity index (χ2v) is 5.87. The summed E-state index contributed by atoms with van der Waals surface area (Å²) >= 11 is 0. The van der Waals surface area contributed by atoms with Crippen molar-refractivity contribution in [3.05, 3.63) is 77.4 Å². The molecule has 0 aliphatic carbocycles. The number of benzene rings is 3. The molecule has 0 aromatic heterocycles. The Labute approximate surface area is 144 Å². The largest absolute Gasteiger partial charge is 0.497 e. The van der Waals surface area contributed by atoms with E-state index in [-0.39, 0.29) is 5.56 Å². The number of methoxy groups -OCH3 is 1. The van der Waals surface area contributed by atoms with E-state index in [0.717, 1.165) is 40.3 Å². The lowest BCUT2D eigenvalue weighted by atomic mass is 10.1. The van der Waals surface area contributed by atoms with Gasteiger partial charge in [-0.1, -0.05) is 18.2 Å². The van der Waals surface area contributed by atoms with Crippen LogP contribution in [-0.2, 0) is 6.54 Å². The molecule has 0 atom stereocenters. The van der Waals surface area contributed by atoms with Crippen LogP contribution < -0.4 is 4.74 Å².